The lowest BCUT2D eigenvalue weighted by atomic mass is 9.97. The summed E-state index contributed by atoms with van der Waals surface area (Å²) in [7, 11) is 2.17. The molecule has 0 aromatic heterocycles. The van der Waals surface area contributed by atoms with Gasteiger partial charge in [0.15, 0.2) is 0 Å². The third kappa shape index (κ3) is 2.49. The molecule has 2 N–H and O–H groups in total. The molecule has 1 aliphatic heterocycles. The summed E-state index contributed by atoms with van der Waals surface area (Å²) >= 11 is 6.27. The molecule has 2 unspecified atom stereocenters. The second-order valence-corrected chi connectivity index (χ2v) is 5.64. The molecule has 1 aromatic carbocycles. The predicted octanol–water partition coefficient (Wildman–Crippen LogP) is 2.91. The number of nitrogens with zero attached hydrogens (tertiary/aromatic N) is 1. The molecule has 1 saturated heterocycles. The van der Waals surface area contributed by atoms with Crippen molar-refractivity contribution in [2.75, 3.05) is 20.1 Å². The fourth-order valence-corrected chi connectivity index (χ4v) is 2.98. The molecule has 1 heterocycles. The van der Waals surface area contributed by atoms with Gasteiger partial charge in [0.05, 0.1) is 0 Å². The smallest absolute Gasteiger partial charge is 0.0441 e. The molecule has 0 saturated carbocycles. The Morgan fingerprint density at radius 3 is 2.65 bits per heavy atom. The number of hydrogen-bond acceptors (Lipinski definition) is 2. The lowest BCUT2D eigenvalue weighted by Crippen LogP contribution is -2.20. The van der Waals surface area contributed by atoms with Crippen molar-refractivity contribution >= 4 is 11.6 Å². The number of rotatable bonds is 2. The maximum Gasteiger partial charge on any atom is 0.0441 e. The van der Waals surface area contributed by atoms with E-state index in [-0.39, 0.29) is 0 Å². The van der Waals surface area contributed by atoms with E-state index in [0.717, 1.165) is 24.5 Å². The molecule has 3 heteroatoms. The predicted molar refractivity (Wildman–Crippen MR) is 73.5 cm³/mol. The Labute approximate surface area is 109 Å². The van der Waals surface area contributed by atoms with E-state index in [2.05, 4.69) is 37.9 Å². The van der Waals surface area contributed by atoms with Gasteiger partial charge in [-0.05, 0) is 62.5 Å². The Kier molecular flexibility index (Phi) is 3.76. The molecule has 2 rings (SSSR count). The van der Waals surface area contributed by atoms with Crippen molar-refractivity contribution in [1.29, 1.82) is 0 Å². The molecule has 1 aromatic rings. The fourth-order valence-electron chi connectivity index (χ4n) is 2.70. The minimum absolute atomic E-state index is 0.473. The zero-order valence-corrected chi connectivity index (χ0v) is 11.6. The number of aryl methyl sites for hydroxylation is 1. The molecule has 2 atom stereocenters. The molecule has 0 aliphatic carbocycles. The van der Waals surface area contributed by atoms with Gasteiger partial charge in [0.1, 0.15) is 0 Å². The van der Waals surface area contributed by atoms with Crippen LogP contribution in [-0.2, 0) is 0 Å². The highest BCUT2D eigenvalue weighted by molar-refractivity contribution is 6.31. The van der Waals surface area contributed by atoms with Crippen LogP contribution in [0.3, 0.4) is 0 Å². The van der Waals surface area contributed by atoms with Gasteiger partial charge in [-0.1, -0.05) is 17.7 Å². The van der Waals surface area contributed by atoms with Crippen molar-refractivity contribution in [2.45, 2.75) is 26.3 Å². The van der Waals surface area contributed by atoms with Gasteiger partial charge in [-0.3, -0.25) is 4.90 Å². The molecule has 17 heavy (non-hydrogen) atoms. The highest BCUT2D eigenvalue weighted by Gasteiger charge is 2.30. The van der Waals surface area contributed by atoms with Crippen LogP contribution in [0.25, 0.3) is 0 Å². The van der Waals surface area contributed by atoms with Gasteiger partial charge in [0.2, 0.25) is 0 Å². The Hall–Kier alpha value is -0.570. The SMILES string of the molecule is Cc1cc(C2CC(CN)CN2C)cc(Cl)c1C. The standard InChI is InChI=1S/C14H21ClN2/c1-9-4-12(6-13(15)10(9)2)14-5-11(7-16)8-17(14)3/h4,6,11,14H,5,7-8,16H2,1-3H3. The van der Waals surface area contributed by atoms with E-state index in [9.17, 15) is 0 Å². The van der Waals surface area contributed by atoms with Gasteiger partial charge in [-0.15, -0.1) is 0 Å². The molecular weight excluding hydrogens is 232 g/mol. The molecule has 1 aliphatic rings. The monoisotopic (exact) mass is 252 g/mol. The third-order valence-electron chi connectivity index (χ3n) is 3.98. The zero-order valence-electron chi connectivity index (χ0n) is 10.8. The van der Waals surface area contributed by atoms with E-state index in [1.165, 1.54) is 16.7 Å². The van der Waals surface area contributed by atoms with Gasteiger partial charge >= 0.3 is 0 Å². The average molecular weight is 253 g/mol. The Morgan fingerprint density at radius 2 is 2.12 bits per heavy atom. The normalized spacial score (nSPS) is 25.5. The summed E-state index contributed by atoms with van der Waals surface area (Å²) in [6.07, 6.45) is 1.14. The first-order valence-electron chi connectivity index (χ1n) is 6.20. The summed E-state index contributed by atoms with van der Waals surface area (Å²) in [4.78, 5) is 2.39. The molecular formula is C14H21ClN2. The Bertz CT molecular complexity index is 394. The van der Waals surface area contributed by atoms with E-state index >= 15 is 0 Å². The summed E-state index contributed by atoms with van der Waals surface area (Å²) in [5.41, 5.74) is 9.56. The zero-order chi connectivity index (χ0) is 12.6. The minimum atomic E-state index is 0.473. The van der Waals surface area contributed by atoms with Crippen LogP contribution in [0.2, 0.25) is 5.02 Å². The number of halogens is 1. The van der Waals surface area contributed by atoms with Crippen LogP contribution in [-0.4, -0.2) is 25.0 Å². The molecule has 1 fully saturated rings. The maximum absolute atomic E-state index is 6.27. The fraction of sp³-hybridized carbons (Fsp3) is 0.571. The Balaban J connectivity index is 2.29. The van der Waals surface area contributed by atoms with Crippen molar-refractivity contribution in [1.82, 2.24) is 4.90 Å². The summed E-state index contributed by atoms with van der Waals surface area (Å²) in [6.45, 7) is 6.06. The largest absolute Gasteiger partial charge is 0.330 e. The first-order valence-corrected chi connectivity index (χ1v) is 6.57. The van der Waals surface area contributed by atoms with Crippen LogP contribution in [0.5, 0.6) is 0 Å². The van der Waals surface area contributed by atoms with Crippen LogP contribution >= 0.6 is 11.6 Å². The highest BCUT2D eigenvalue weighted by atomic mass is 35.5. The number of likely N-dealkylation sites (tertiary alicyclic amines) is 1. The van der Waals surface area contributed by atoms with Gasteiger partial charge in [-0.25, -0.2) is 0 Å². The van der Waals surface area contributed by atoms with E-state index in [1.807, 2.05) is 0 Å². The number of benzene rings is 1. The molecule has 0 amide bonds. The van der Waals surface area contributed by atoms with Crippen molar-refractivity contribution in [3.05, 3.63) is 33.8 Å². The second kappa shape index (κ2) is 4.97. The van der Waals surface area contributed by atoms with E-state index in [1.54, 1.807) is 0 Å². The molecule has 0 spiro atoms. The first-order chi connectivity index (χ1) is 8.02. The Morgan fingerprint density at radius 1 is 1.41 bits per heavy atom. The summed E-state index contributed by atoms with van der Waals surface area (Å²) in [5.74, 6) is 0.616. The van der Waals surface area contributed by atoms with Crippen molar-refractivity contribution in [3.63, 3.8) is 0 Å². The molecule has 0 radical (unpaired) electrons. The quantitative estimate of drug-likeness (QED) is 0.877. The van der Waals surface area contributed by atoms with E-state index < -0.39 is 0 Å². The summed E-state index contributed by atoms with van der Waals surface area (Å²) < 4.78 is 0. The lowest BCUT2D eigenvalue weighted by molar-refractivity contribution is 0.313. The second-order valence-electron chi connectivity index (χ2n) is 5.24. The summed E-state index contributed by atoms with van der Waals surface area (Å²) in [5, 5.41) is 0.879. The molecule has 0 bridgehead atoms. The maximum atomic E-state index is 6.27. The average Bonchev–Trinajstić information content (AvgIpc) is 2.67. The summed E-state index contributed by atoms with van der Waals surface area (Å²) in [6, 6.07) is 4.85. The third-order valence-corrected chi connectivity index (χ3v) is 4.37. The van der Waals surface area contributed by atoms with Gasteiger partial charge in [-0.2, -0.15) is 0 Å². The van der Waals surface area contributed by atoms with Crippen LogP contribution < -0.4 is 5.73 Å². The van der Waals surface area contributed by atoms with Crippen LogP contribution in [0, 0.1) is 19.8 Å². The number of nitrogens with two attached hydrogens (primary N) is 1. The van der Waals surface area contributed by atoms with Crippen molar-refractivity contribution in [2.24, 2.45) is 11.7 Å². The van der Waals surface area contributed by atoms with Gasteiger partial charge < -0.3 is 5.73 Å². The van der Waals surface area contributed by atoms with Gasteiger partial charge in [0.25, 0.3) is 0 Å². The molecule has 2 nitrogen and oxygen atoms in total. The topological polar surface area (TPSA) is 29.3 Å². The van der Waals surface area contributed by atoms with Crippen molar-refractivity contribution < 1.29 is 0 Å². The van der Waals surface area contributed by atoms with Crippen LogP contribution in [0.1, 0.15) is 29.2 Å². The van der Waals surface area contributed by atoms with Crippen LogP contribution in [0.4, 0.5) is 0 Å². The van der Waals surface area contributed by atoms with Gasteiger partial charge in [0, 0.05) is 17.6 Å². The lowest BCUT2D eigenvalue weighted by Gasteiger charge is -2.21. The van der Waals surface area contributed by atoms with Crippen LogP contribution in [0.15, 0.2) is 12.1 Å². The van der Waals surface area contributed by atoms with E-state index in [0.29, 0.717) is 12.0 Å². The molecule has 94 valence electrons. The first kappa shape index (κ1) is 12.9. The minimum Gasteiger partial charge on any atom is -0.330 e. The van der Waals surface area contributed by atoms with E-state index in [4.69, 9.17) is 17.3 Å². The highest BCUT2D eigenvalue weighted by Crippen LogP contribution is 2.36. The number of hydrogen-bond donors (Lipinski definition) is 1. The van der Waals surface area contributed by atoms with Crippen molar-refractivity contribution in [3.8, 4) is 0 Å².